The number of carbonyl (C=O) groups is 1. The van der Waals surface area contributed by atoms with Crippen molar-refractivity contribution in [3.05, 3.63) is 22.3 Å². The van der Waals surface area contributed by atoms with E-state index in [1.807, 2.05) is 20.8 Å². The molecule has 0 fully saturated rings. The molecule has 1 aliphatic heterocycles. The first-order chi connectivity index (χ1) is 14.5. The summed E-state index contributed by atoms with van der Waals surface area (Å²) in [4.78, 5) is 12.4. The van der Waals surface area contributed by atoms with E-state index in [1.165, 1.54) is 51.4 Å². The maximum atomic E-state index is 12.4. The van der Waals surface area contributed by atoms with Crippen LogP contribution in [0.4, 0.5) is 0 Å². The van der Waals surface area contributed by atoms with Crippen LogP contribution in [-0.2, 0) is 9.22 Å². The highest BCUT2D eigenvalue weighted by Gasteiger charge is 2.45. The molecule has 176 valence electrons. The standard InChI is InChI=1S/C29H49O2/c1-20(2)12-9-13-21(3)14-10-15-22(4)16-11-18-29(8)19-17-26-25(7)27(30)23(5)24(6)28(26)31-29/h20-22H,9-19H2,1-8H3/q+1. The van der Waals surface area contributed by atoms with Crippen LogP contribution in [-0.4, -0.2) is 17.2 Å². The quantitative estimate of drug-likeness (QED) is 0.226. The number of allylic oxidation sites excluding steroid dienone is 4. The molecule has 3 atom stereocenters. The smallest absolute Gasteiger partial charge is 0.289 e. The van der Waals surface area contributed by atoms with E-state index in [0.29, 0.717) is 0 Å². The zero-order valence-corrected chi connectivity index (χ0v) is 21.8. The molecule has 0 bridgehead atoms. The van der Waals surface area contributed by atoms with E-state index < -0.39 is 0 Å². The first-order valence-electron chi connectivity index (χ1n) is 13.0. The summed E-state index contributed by atoms with van der Waals surface area (Å²) < 4.78 is 6.58. The third-order valence-corrected chi connectivity index (χ3v) is 7.84. The highest BCUT2D eigenvalue weighted by Crippen LogP contribution is 2.36. The molecule has 2 aliphatic rings. The summed E-state index contributed by atoms with van der Waals surface area (Å²) in [6.07, 6.45) is 13.9. The second-order valence-electron chi connectivity index (χ2n) is 11.4. The lowest BCUT2D eigenvalue weighted by atomic mass is 9.79. The van der Waals surface area contributed by atoms with Gasteiger partial charge in [-0.05, 0) is 51.4 Å². The SMILES string of the molecule is CC1=C(C)C2=[O+]C(C)(CCCC(C)CCCC(C)CCCC(C)C)CCC2=C(C)C1=O. The van der Waals surface area contributed by atoms with Gasteiger partial charge in [0.05, 0.1) is 11.1 Å². The normalized spacial score (nSPS) is 23.9. The molecule has 0 N–H and O–H groups in total. The Bertz CT molecular complexity index is 721. The molecule has 2 nitrogen and oxygen atoms in total. The van der Waals surface area contributed by atoms with Crippen LogP contribution in [0.3, 0.4) is 0 Å². The Morgan fingerprint density at radius 3 is 1.94 bits per heavy atom. The van der Waals surface area contributed by atoms with Crippen molar-refractivity contribution in [2.45, 2.75) is 132 Å². The molecular formula is C29H49O2+. The van der Waals surface area contributed by atoms with E-state index in [1.54, 1.807) is 0 Å². The molecule has 0 radical (unpaired) electrons. The first kappa shape index (κ1) is 26.1. The molecule has 1 heterocycles. The van der Waals surface area contributed by atoms with E-state index in [0.717, 1.165) is 65.1 Å². The number of rotatable bonds is 12. The van der Waals surface area contributed by atoms with Gasteiger partial charge >= 0.3 is 5.78 Å². The van der Waals surface area contributed by atoms with Gasteiger partial charge < -0.3 is 0 Å². The van der Waals surface area contributed by atoms with E-state index in [9.17, 15) is 4.79 Å². The molecule has 2 rings (SSSR count). The van der Waals surface area contributed by atoms with Crippen LogP contribution in [0.15, 0.2) is 22.3 Å². The Morgan fingerprint density at radius 1 is 0.806 bits per heavy atom. The number of ketones is 2. The molecule has 31 heavy (non-hydrogen) atoms. The molecule has 0 spiro atoms. The van der Waals surface area contributed by atoms with Crippen molar-refractivity contribution in [2.24, 2.45) is 17.8 Å². The van der Waals surface area contributed by atoms with Gasteiger partial charge in [0.25, 0.3) is 5.60 Å². The van der Waals surface area contributed by atoms with E-state index in [4.69, 9.17) is 4.42 Å². The van der Waals surface area contributed by atoms with Gasteiger partial charge in [-0.25, -0.2) is 4.42 Å². The van der Waals surface area contributed by atoms with Crippen molar-refractivity contribution in [3.63, 3.8) is 0 Å². The predicted octanol–water partition coefficient (Wildman–Crippen LogP) is 8.32. The summed E-state index contributed by atoms with van der Waals surface area (Å²) in [6.45, 7) is 17.7. The molecule has 0 aromatic heterocycles. The largest absolute Gasteiger partial charge is 0.351 e. The van der Waals surface area contributed by atoms with Crippen molar-refractivity contribution in [1.82, 2.24) is 0 Å². The molecule has 0 aromatic carbocycles. The highest BCUT2D eigenvalue weighted by molar-refractivity contribution is 6.24. The van der Waals surface area contributed by atoms with Gasteiger partial charge in [-0.2, -0.15) is 0 Å². The van der Waals surface area contributed by atoms with Crippen LogP contribution >= 0.6 is 0 Å². The summed E-state index contributed by atoms with van der Waals surface area (Å²) in [5.74, 6) is 3.73. The zero-order valence-electron chi connectivity index (χ0n) is 21.8. The Labute approximate surface area is 192 Å². The molecule has 3 unspecified atom stereocenters. The van der Waals surface area contributed by atoms with Gasteiger partial charge in [-0.3, -0.25) is 4.79 Å². The Balaban J connectivity index is 1.76. The number of hydrogen-bond donors (Lipinski definition) is 0. The number of carbonyl (C=O) groups excluding carboxylic acids is 2. The maximum Gasteiger partial charge on any atom is 0.351 e. The van der Waals surface area contributed by atoms with E-state index in [-0.39, 0.29) is 11.4 Å². The van der Waals surface area contributed by atoms with Crippen LogP contribution in [0.2, 0.25) is 0 Å². The highest BCUT2D eigenvalue weighted by atomic mass is 16.4. The average Bonchev–Trinajstić information content (AvgIpc) is 2.70. The molecule has 0 saturated carbocycles. The van der Waals surface area contributed by atoms with Gasteiger partial charge in [-0.15, -0.1) is 0 Å². The Kier molecular flexibility index (Phi) is 9.77. The molecule has 0 saturated heterocycles. The van der Waals surface area contributed by atoms with Gasteiger partial charge in [0, 0.05) is 30.9 Å². The fraction of sp³-hybridized carbons (Fsp3) is 0.793. The summed E-state index contributed by atoms with van der Waals surface area (Å²) in [6, 6.07) is 0. The topological polar surface area (TPSA) is 28.4 Å². The molecule has 0 amide bonds. The number of hydrogen-bond acceptors (Lipinski definition) is 1. The van der Waals surface area contributed by atoms with Crippen LogP contribution in [0, 0.1) is 17.8 Å². The zero-order chi connectivity index (χ0) is 23.2. The van der Waals surface area contributed by atoms with Crippen molar-refractivity contribution >= 4 is 11.6 Å². The van der Waals surface area contributed by atoms with Crippen molar-refractivity contribution < 1.29 is 9.22 Å². The third kappa shape index (κ3) is 7.43. The van der Waals surface area contributed by atoms with E-state index >= 15 is 0 Å². The van der Waals surface area contributed by atoms with Gasteiger partial charge in [0.2, 0.25) is 0 Å². The lowest BCUT2D eigenvalue weighted by Crippen LogP contribution is -2.36. The fourth-order valence-corrected chi connectivity index (χ4v) is 5.26. The van der Waals surface area contributed by atoms with Crippen molar-refractivity contribution in [1.29, 1.82) is 0 Å². The minimum absolute atomic E-state index is 0.0916. The van der Waals surface area contributed by atoms with Crippen molar-refractivity contribution in [2.75, 3.05) is 0 Å². The van der Waals surface area contributed by atoms with Crippen LogP contribution in [0.25, 0.3) is 0 Å². The minimum Gasteiger partial charge on any atom is -0.289 e. The average molecular weight is 430 g/mol. The minimum atomic E-state index is -0.0916. The van der Waals surface area contributed by atoms with Crippen LogP contribution in [0.5, 0.6) is 0 Å². The monoisotopic (exact) mass is 429 g/mol. The number of Topliss-reactive ketones (excluding diaryl/α,β-unsaturated/α-hetero) is 1. The van der Waals surface area contributed by atoms with Crippen LogP contribution < -0.4 is 0 Å². The lowest BCUT2D eigenvalue weighted by Gasteiger charge is -2.25. The molecule has 1 aliphatic carbocycles. The third-order valence-electron chi connectivity index (χ3n) is 7.84. The lowest BCUT2D eigenvalue weighted by molar-refractivity contribution is -0.555. The Morgan fingerprint density at radius 2 is 1.35 bits per heavy atom. The molecule has 2 heteroatoms. The first-order valence-corrected chi connectivity index (χ1v) is 13.0. The second kappa shape index (κ2) is 11.6. The summed E-state index contributed by atoms with van der Waals surface area (Å²) >= 11 is 0. The molecular weight excluding hydrogens is 380 g/mol. The number of fused-ring (bicyclic) bond motifs is 1. The van der Waals surface area contributed by atoms with Crippen LogP contribution in [0.1, 0.15) is 126 Å². The predicted molar refractivity (Wildman–Crippen MR) is 133 cm³/mol. The molecule has 0 aromatic rings. The summed E-state index contributed by atoms with van der Waals surface area (Å²) in [5.41, 5.74) is 3.86. The van der Waals surface area contributed by atoms with E-state index in [2.05, 4.69) is 34.6 Å². The van der Waals surface area contributed by atoms with Gasteiger partial charge in [-0.1, -0.05) is 72.6 Å². The Hall–Kier alpha value is -1.18. The van der Waals surface area contributed by atoms with Gasteiger partial charge in [0.15, 0.2) is 5.78 Å². The summed E-state index contributed by atoms with van der Waals surface area (Å²) in [7, 11) is 0. The fourth-order valence-electron chi connectivity index (χ4n) is 5.26. The summed E-state index contributed by atoms with van der Waals surface area (Å²) in [5, 5.41) is 0. The van der Waals surface area contributed by atoms with Crippen molar-refractivity contribution in [3.8, 4) is 0 Å². The maximum absolute atomic E-state index is 12.4. The second-order valence-corrected chi connectivity index (χ2v) is 11.4. The van der Waals surface area contributed by atoms with Gasteiger partial charge in [0.1, 0.15) is 0 Å².